The van der Waals surface area contributed by atoms with Gasteiger partial charge in [0.15, 0.2) is 0 Å². The molecule has 112 valence electrons. The number of aromatic nitrogens is 1. The zero-order valence-corrected chi connectivity index (χ0v) is 12.9. The van der Waals surface area contributed by atoms with Crippen molar-refractivity contribution in [3.63, 3.8) is 0 Å². The van der Waals surface area contributed by atoms with Crippen LogP contribution in [-0.2, 0) is 15.1 Å². The summed E-state index contributed by atoms with van der Waals surface area (Å²) in [6.45, 7) is 1.86. The lowest BCUT2D eigenvalue weighted by Crippen LogP contribution is -2.46. The highest BCUT2D eigenvalue weighted by Gasteiger charge is 2.36. The van der Waals surface area contributed by atoms with Crippen LogP contribution in [-0.4, -0.2) is 23.8 Å². The van der Waals surface area contributed by atoms with E-state index in [0.29, 0.717) is 17.4 Å². The number of carbonyl (C=O) groups excluding carboxylic acids is 1. The molecule has 0 aliphatic carbocycles. The molecule has 0 bridgehead atoms. The topological polar surface area (TPSA) is 78.4 Å². The van der Waals surface area contributed by atoms with E-state index in [9.17, 15) is 4.79 Å². The third-order valence-electron chi connectivity index (χ3n) is 3.16. The smallest absolute Gasteiger partial charge is 0.330 e. The second-order valence-corrected chi connectivity index (χ2v) is 5.73. The number of esters is 1. The maximum Gasteiger partial charge on any atom is 0.330 e. The maximum atomic E-state index is 12.1. The van der Waals surface area contributed by atoms with Crippen LogP contribution in [0.3, 0.4) is 0 Å². The fourth-order valence-corrected chi connectivity index (χ4v) is 2.90. The van der Waals surface area contributed by atoms with Gasteiger partial charge in [-0.05, 0) is 18.9 Å². The lowest BCUT2D eigenvalue weighted by atomic mass is 9.88. The third kappa shape index (κ3) is 3.65. The molecule has 2 aromatic rings. The Morgan fingerprint density at radius 2 is 2.14 bits per heavy atom. The molecule has 1 unspecified atom stereocenters. The molecular formula is C15H18N2O3S. The van der Waals surface area contributed by atoms with Gasteiger partial charge in [0, 0.05) is 5.75 Å². The van der Waals surface area contributed by atoms with Crippen molar-refractivity contribution in [2.75, 3.05) is 12.9 Å². The summed E-state index contributed by atoms with van der Waals surface area (Å²) in [6, 6.07) is 9.24. The molecule has 6 heteroatoms. The summed E-state index contributed by atoms with van der Waals surface area (Å²) in [5, 5.41) is 0.577. The van der Waals surface area contributed by atoms with Gasteiger partial charge in [0.1, 0.15) is 11.8 Å². The van der Waals surface area contributed by atoms with Gasteiger partial charge in [-0.2, -0.15) is 0 Å². The van der Waals surface area contributed by atoms with Crippen molar-refractivity contribution in [3.8, 4) is 0 Å². The van der Waals surface area contributed by atoms with E-state index in [1.54, 1.807) is 6.26 Å². The Morgan fingerprint density at radius 3 is 2.71 bits per heavy atom. The van der Waals surface area contributed by atoms with Gasteiger partial charge in [-0.3, -0.25) is 0 Å². The monoisotopic (exact) mass is 306 g/mol. The molecule has 5 nitrogen and oxygen atoms in total. The first-order chi connectivity index (χ1) is 10.1. The average molecular weight is 306 g/mol. The van der Waals surface area contributed by atoms with Gasteiger partial charge in [0.05, 0.1) is 12.8 Å². The predicted octanol–water partition coefficient (Wildman–Crippen LogP) is 2.49. The molecule has 0 spiro atoms. The van der Waals surface area contributed by atoms with E-state index in [-0.39, 0.29) is 0 Å². The molecule has 0 aliphatic rings. The Kier molecular flexibility index (Phi) is 5.03. The minimum absolute atomic E-state index is 0.426. The van der Waals surface area contributed by atoms with Crippen LogP contribution in [0.4, 0.5) is 0 Å². The van der Waals surface area contributed by atoms with E-state index in [1.165, 1.54) is 18.9 Å². The van der Waals surface area contributed by atoms with Crippen molar-refractivity contribution in [3.05, 3.63) is 47.9 Å². The van der Waals surface area contributed by atoms with Crippen molar-refractivity contribution in [2.24, 2.45) is 5.73 Å². The summed E-state index contributed by atoms with van der Waals surface area (Å²) in [5.74, 6) is 0.151. The number of rotatable bonds is 6. The lowest BCUT2D eigenvalue weighted by Gasteiger charge is -2.26. The summed E-state index contributed by atoms with van der Waals surface area (Å²) in [4.78, 5) is 16.3. The van der Waals surface area contributed by atoms with Crippen LogP contribution >= 0.6 is 11.8 Å². The Balaban J connectivity index is 2.08. The Hall–Kier alpha value is -1.79. The summed E-state index contributed by atoms with van der Waals surface area (Å²) >= 11 is 1.43. The Labute approximate surface area is 127 Å². The molecule has 0 amide bonds. The number of oxazole rings is 1. The zero-order chi connectivity index (χ0) is 15.3. The summed E-state index contributed by atoms with van der Waals surface area (Å²) in [7, 11) is 1.34. The summed E-state index contributed by atoms with van der Waals surface area (Å²) < 4.78 is 10.1. The van der Waals surface area contributed by atoms with Crippen molar-refractivity contribution >= 4 is 17.7 Å². The van der Waals surface area contributed by atoms with Gasteiger partial charge in [-0.15, -0.1) is 0 Å². The van der Waals surface area contributed by atoms with Crippen LogP contribution in [0.1, 0.15) is 17.7 Å². The SMILES string of the molecule is COC(=O)C(N)(CCSc1nc(C)co1)c1ccccc1. The van der Waals surface area contributed by atoms with Crippen molar-refractivity contribution in [1.29, 1.82) is 0 Å². The van der Waals surface area contributed by atoms with Gasteiger partial charge in [-0.25, -0.2) is 9.78 Å². The van der Waals surface area contributed by atoms with Crippen molar-refractivity contribution < 1.29 is 13.9 Å². The molecule has 1 aromatic heterocycles. The normalized spacial score (nSPS) is 13.7. The van der Waals surface area contributed by atoms with Crippen molar-refractivity contribution in [2.45, 2.75) is 24.1 Å². The number of nitrogens with zero attached hydrogens (tertiary/aromatic N) is 1. The molecule has 0 aliphatic heterocycles. The van der Waals surface area contributed by atoms with E-state index in [0.717, 1.165) is 11.3 Å². The average Bonchev–Trinajstić information content (AvgIpc) is 2.92. The highest BCUT2D eigenvalue weighted by molar-refractivity contribution is 7.99. The van der Waals surface area contributed by atoms with Gasteiger partial charge in [0.2, 0.25) is 0 Å². The molecule has 2 N–H and O–H groups in total. The number of carbonyl (C=O) groups is 1. The van der Waals surface area contributed by atoms with E-state index >= 15 is 0 Å². The van der Waals surface area contributed by atoms with Gasteiger partial charge >= 0.3 is 5.97 Å². The van der Waals surface area contributed by atoms with Crippen LogP contribution in [0.15, 0.2) is 46.2 Å². The molecule has 1 aromatic carbocycles. The molecular weight excluding hydrogens is 288 g/mol. The number of hydrogen-bond acceptors (Lipinski definition) is 6. The molecule has 1 atom stereocenters. The number of methoxy groups -OCH3 is 1. The quantitative estimate of drug-likeness (QED) is 0.652. The second kappa shape index (κ2) is 6.78. The number of ether oxygens (including phenoxy) is 1. The minimum Gasteiger partial charge on any atom is -0.467 e. The highest BCUT2D eigenvalue weighted by atomic mass is 32.2. The van der Waals surface area contributed by atoms with Crippen LogP contribution < -0.4 is 5.73 Å². The second-order valence-electron chi connectivity index (χ2n) is 4.68. The Bertz CT molecular complexity index is 600. The molecule has 0 saturated carbocycles. The number of nitrogens with two attached hydrogens (primary N) is 1. The minimum atomic E-state index is -1.16. The number of hydrogen-bond donors (Lipinski definition) is 1. The van der Waals surface area contributed by atoms with Crippen molar-refractivity contribution in [1.82, 2.24) is 4.98 Å². The molecule has 0 fully saturated rings. The third-order valence-corrected chi connectivity index (χ3v) is 4.00. The Morgan fingerprint density at radius 1 is 1.43 bits per heavy atom. The van der Waals surface area contributed by atoms with Gasteiger partial charge in [0.25, 0.3) is 5.22 Å². The number of benzene rings is 1. The largest absolute Gasteiger partial charge is 0.467 e. The number of aryl methyl sites for hydroxylation is 1. The maximum absolute atomic E-state index is 12.1. The lowest BCUT2D eigenvalue weighted by molar-refractivity contribution is -0.147. The van der Waals surface area contributed by atoms with Crippen LogP contribution in [0, 0.1) is 6.92 Å². The van der Waals surface area contributed by atoms with E-state index in [2.05, 4.69) is 4.98 Å². The van der Waals surface area contributed by atoms with Gasteiger partial charge < -0.3 is 14.9 Å². The summed E-state index contributed by atoms with van der Waals surface area (Å²) in [5.41, 5.74) is 6.71. The molecule has 1 heterocycles. The van der Waals surface area contributed by atoms with E-state index in [1.807, 2.05) is 37.3 Å². The van der Waals surface area contributed by atoms with Crippen LogP contribution in [0.25, 0.3) is 0 Å². The van der Waals surface area contributed by atoms with Gasteiger partial charge in [-0.1, -0.05) is 42.1 Å². The standard InChI is InChI=1S/C15H18N2O3S/c1-11-10-20-14(17-11)21-9-8-15(16,13(18)19-2)12-6-4-3-5-7-12/h3-7,10H,8-9,16H2,1-2H3. The first kappa shape index (κ1) is 15.6. The molecule has 2 rings (SSSR count). The molecule has 21 heavy (non-hydrogen) atoms. The molecule has 0 saturated heterocycles. The highest BCUT2D eigenvalue weighted by Crippen LogP contribution is 2.28. The molecule has 0 radical (unpaired) electrons. The van der Waals surface area contributed by atoms with Crippen LogP contribution in [0.5, 0.6) is 0 Å². The zero-order valence-electron chi connectivity index (χ0n) is 12.0. The van der Waals surface area contributed by atoms with E-state index in [4.69, 9.17) is 14.9 Å². The number of thioether (sulfide) groups is 1. The summed E-state index contributed by atoms with van der Waals surface area (Å²) in [6.07, 6.45) is 2.02. The predicted molar refractivity (Wildman–Crippen MR) is 80.9 cm³/mol. The fourth-order valence-electron chi connectivity index (χ4n) is 1.98. The first-order valence-corrected chi connectivity index (χ1v) is 7.52. The fraction of sp³-hybridized carbons (Fsp3) is 0.333. The van der Waals surface area contributed by atoms with E-state index < -0.39 is 11.5 Å². The first-order valence-electron chi connectivity index (χ1n) is 6.54. The van der Waals surface area contributed by atoms with Crippen LogP contribution in [0.2, 0.25) is 0 Å².